The summed E-state index contributed by atoms with van der Waals surface area (Å²) in [6.45, 7) is 6.08. The van der Waals surface area contributed by atoms with Gasteiger partial charge in [-0.1, -0.05) is 32.5 Å². The van der Waals surface area contributed by atoms with E-state index >= 15 is 0 Å². The highest BCUT2D eigenvalue weighted by atomic mass is 32.2. The van der Waals surface area contributed by atoms with Gasteiger partial charge in [0.05, 0.1) is 5.75 Å². The van der Waals surface area contributed by atoms with Gasteiger partial charge in [0.1, 0.15) is 5.03 Å². The second-order valence-corrected chi connectivity index (χ2v) is 5.75. The number of nitrogens with zero attached hydrogens (tertiary/aromatic N) is 4. The fraction of sp³-hybridized carbons (Fsp3) is 0.455. The summed E-state index contributed by atoms with van der Waals surface area (Å²) >= 11 is 1.43. The van der Waals surface area contributed by atoms with Crippen LogP contribution in [-0.4, -0.2) is 20.2 Å². The van der Waals surface area contributed by atoms with Crippen molar-refractivity contribution in [3.8, 4) is 0 Å². The minimum Gasteiger partial charge on any atom is -0.424 e. The smallest absolute Gasteiger partial charge is 0.226 e. The maximum atomic E-state index is 5.70. The molecule has 0 aliphatic rings. The van der Waals surface area contributed by atoms with Crippen molar-refractivity contribution in [2.45, 2.75) is 37.0 Å². The molecular formula is C11H15N5OS. The van der Waals surface area contributed by atoms with Gasteiger partial charge >= 0.3 is 0 Å². The Labute approximate surface area is 109 Å². The second kappa shape index (κ2) is 4.93. The lowest BCUT2D eigenvalue weighted by molar-refractivity contribution is 0.378. The van der Waals surface area contributed by atoms with Gasteiger partial charge in [-0.2, -0.15) is 0 Å². The number of aromatic nitrogens is 4. The van der Waals surface area contributed by atoms with E-state index in [0.717, 1.165) is 0 Å². The van der Waals surface area contributed by atoms with Gasteiger partial charge in [-0.25, -0.2) is 9.97 Å². The van der Waals surface area contributed by atoms with Crippen molar-refractivity contribution in [2.75, 3.05) is 5.73 Å². The summed E-state index contributed by atoms with van der Waals surface area (Å²) in [6.07, 6.45) is 3.16. The SMILES string of the molecule is CC(C)(C)c1nnc(CSc2nccnc2N)o1. The molecule has 96 valence electrons. The number of nitrogens with two attached hydrogens (primary N) is 1. The van der Waals surface area contributed by atoms with Crippen LogP contribution in [0.15, 0.2) is 21.8 Å². The number of anilines is 1. The molecule has 18 heavy (non-hydrogen) atoms. The molecule has 0 atom stereocenters. The van der Waals surface area contributed by atoms with Crippen LogP contribution in [0.4, 0.5) is 5.82 Å². The summed E-state index contributed by atoms with van der Waals surface area (Å²) in [5.41, 5.74) is 5.56. The van der Waals surface area contributed by atoms with Crippen LogP contribution in [0.5, 0.6) is 0 Å². The zero-order chi connectivity index (χ0) is 13.2. The van der Waals surface area contributed by atoms with E-state index < -0.39 is 0 Å². The average molecular weight is 265 g/mol. The van der Waals surface area contributed by atoms with Gasteiger partial charge in [-0.3, -0.25) is 0 Å². The molecular weight excluding hydrogens is 250 g/mol. The molecule has 0 amide bonds. The first-order valence-corrected chi connectivity index (χ1v) is 6.47. The molecule has 0 radical (unpaired) electrons. The van der Waals surface area contributed by atoms with Crippen LogP contribution in [0, 0.1) is 0 Å². The Morgan fingerprint density at radius 2 is 1.94 bits per heavy atom. The lowest BCUT2D eigenvalue weighted by Gasteiger charge is -2.10. The molecule has 7 heteroatoms. The normalized spacial score (nSPS) is 11.7. The highest BCUT2D eigenvalue weighted by Gasteiger charge is 2.21. The zero-order valence-corrected chi connectivity index (χ0v) is 11.4. The van der Waals surface area contributed by atoms with Gasteiger partial charge < -0.3 is 10.2 Å². The summed E-state index contributed by atoms with van der Waals surface area (Å²) in [7, 11) is 0. The molecule has 0 bridgehead atoms. The molecule has 2 rings (SSSR count). The Hall–Kier alpha value is -1.63. The van der Waals surface area contributed by atoms with Crippen molar-refractivity contribution >= 4 is 17.6 Å². The number of hydrogen-bond acceptors (Lipinski definition) is 7. The maximum absolute atomic E-state index is 5.70. The first kappa shape index (κ1) is 12.8. The van der Waals surface area contributed by atoms with Crippen LogP contribution in [0.1, 0.15) is 32.6 Å². The Kier molecular flexibility index (Phi) is 3.51. The summed E-state index contributed by atoms with van der Waals surface area (Å²) in [4.78, 5) is 8.10. The first-order valence-electron chi connectivity index (χ1n) is 5.49. The molecule has 2 N–H and O–H groups in total. The van der Waals surface area contributed by atoms with Gasteiger partial charge in [0.25, 0.3) is 0 Å². The number of nitrogen functional groups attached to an aromatic ring is 1. The summed E-state index contributed by atoms with van der Waals surface area (Å²) in [5, 5.41) is 8.70. The Bertz CT molecular complexity index is 534. The summed E-state index contributed by atoms with van der Waals surface area (Å²) < 4.78 is 5.58. The third-order valence-corrected chi connectivity index (χ3v) is 3.11. The summed E-state index contributed by atoms with van der Waals surface area (Å²) in [6, 6.07) is 0. The van der Waals surface area contributed by atoms with Gasteiger partial charge in [0, 0.05) is 17.8 Å². The fourth-order valence-electron chi connectivity index (χ4n) is 1.19. The van der Waals surface area contributed by atoms with E-state index in [2.05, 4.69) is 20.2 Å². The standard InChI is InChI=1S/C11H15N5OS/c1-11(2,3)10-16-15-7(17-10)6-18-9-8(12)13-4-5-14-9/h4-5H,6H2,1-3H3,(H2,12,13). The third-order valence-electron chi connectivity index (χ3n) is 2.13. The lowest BCUT2D eigenvalue weighted by Crippen LogP contribution is -2.11. The van der Waals surface area contributed by atoms with Crippen molar-refractivity contribution in [2.24, 2.45) is 0 Å². The van der Waals surface area contributed by atoms with Gasteiger partial charge in [-0.05, 0) is 0 Å². The number of rotatable bonds is 3. The molecule has 0 saturated heterocycles. The molecule has 6 nitrogen and oxygen atoms in total. The predicted octanol–water partition coefficient (Wildman–Crippen LogP) is 2.03. The van der Waals surface area contributed by atoms with E-state index in [0.29, 0.717) is 28.4 Å². The van der Waals surface area contributed by atoms with Crippen LogP contribution >= 0.6 is 11.8 Å². The van der Waals surface area contributed by atoms with E-state index in [9.17, 15) is 0 Å². The van der Waals surface area contributed by atoms with Crippen molar-refractivity contribution in [3.63, 3.8) is 0 Å². The zero-order valence-electron chi connectivity index (χ0n) is 10.5. The molecule has 0 aliphatic heterocycles. The molecule has 2 aromatic heterocycles. The van der Waals surface area contributed by atoms with Crippen LogP contribution in [0.25, 0.3) is 0 Å². The first-order chi connectivity index (χ1) is 8.47. The molecule has 0 saturated carbocycles. The quantitative estimate of drug-likeness (QED) is 0.849. The van der Waals surface area contributed by atoms with Gasteiger partial charge in [0.2, 0.25) is 11.8 Å². The van der Waals surface area contributed by atoms with Crippen LogP contribution < -0.4 is 5.73 Å². The Morgan fingerprint density at radius 1 is 1.22 bits per heavy atom. The fourth-order valence-corrected chi connectivity index (χ4v) is 1.91. The minimum absolute atomic E-state index is 0.137. The largest absolute Gasteiger partial charge is 0.424 e. The molecule has 0 aliphatic carbocycles. The molecule has 0 unspecified atom stereocenters. The maximum Gasteiger partial charge on any atom is 0.226 e. The van der Waals surface area contributed by atoms with Crippen molar-refractivity contribution in [3.05, 3.63) is 24.2 Å². The van der Waals surface area contributed by atoms with E-state index in [-0.39, 0.29) is 5.41 Å². The molecule has 0 fully saturated rings. The van der Waals surface area contributed by atoms with Crippen LogP contribution in [0.3, 0.4) is 0 Å². The predicted molar refractivity (Wildman–Crippen MR) is 69.0 cm³/mol. The highest BCUT2D eigenvalue weighted by molar-refractivity contribution is 7.98. The van der Waals surface area contributed by atoms with Crippen molar-refractivity contribution < 1.29 is 4.42 Å². The van der Waals surface area contributed by atoms with Crippen LogP contribution in [0.2, 0.25) is 0 Å². The second-order valence-electron chi connectivity index (χ2n) is 4.79. The average Bonchev–Trinajstić information content (AvgIpc) is 2.76. The Morgan fingerprint density at radius 3 is 2.56 bits per heavy atom. The Balaban J connectivity index is 2.03. The van der Waals surface area contributed by atoms with E-state index in [1.54, 1.807) is 12.4 Å². The minimum atomic E-state index is -0.137. The molecule has 2 aromatic rings. The van der Waals surface area contributed by atoms with Crippen LogP contribution in [-0.2, 0) is 11.2 Å². The molecule has 2 heterocycles. The number of thioether (sulfide) groups is 1. The van der Waals surface area contributed by atoms with E-state index in [1.165, 1.54) is 11.8 Å². The van der Waals surface area contributed by atoms with Crippen molar-refractivity contribution in [1.82, 2.24) is 20.2 Å². The van der Waals surface area contributed by atoms with Gasteiger partial charge in [-0.15, -0.1) is 10.2 Å². The lowest BCUT2D eigenvalue weighted by atomic mass is 9.97. The topological polar surface area (TPSA) is 90.7 Å². The monoisotopic (exact) mass is 265 g/mol. The van der Waals surface area contributed by atoms with E-state index in [4.69, 9.17) is 10.2 Å². The van der Waals surface area contributed by atoms with Gasteiger partial charge in [0.15, 0.2) is 5.82 Å². The van der Waals surface area contributed by atoms with Crippen molar-refractivity contribution in [1.29, 1.82) is 0 Å². The summed E-state index contributed by atoms with van der Waals surface area (Å²) in [5.74, 6) is 2.14. The third kappa shape index (κ3) is 2.98. The molecule has 0 spiro atoms. The number of hydrogen-bond donors (Lipinski definition) is 1. The van der Waals surface area contributed by atoms with E-state index in [1.807, 2.05) is 20.8 Å². The molecule has 0 aromatic carbocycles. The highest BCUT2D eigenvalue weighted by Crippen LogP contribution is 2.26.